The number of amides is 1. The number of carbonyl (C=O) groups is 1. The number of methoxy groups -OCH3 is 2. The maximum atomic E-state index is 12.6. The number of hydrogen-bond donors (Lipinski definition) is 1. The Bertz CT molecular complexity index is 723. The van der Waals surface area contributed by atoms with Gasteiger partial charge in [-0.25, -0.2) is 0 Å². The Balaban J connectivity index is 2.09. The average Bonchev–Trinajstić information content (AvgIpc) is 2.61. The van der Waals surface area contributed by atoms with Crippen molar-refractivity contribution < 1.29 is 14.3 Å². The molecule has 140 valence electrons. The van der Waals surface area contributed by atoms with Crippen LogP contribution in [0.4, 0.5) is 0 Å². The first kappa shape index (κ1) is 19.8. The number of ether oxygens (including phenoxy) is 2. The molecule has 1 N–H and O–H groups in total. The van der Waals surface area contributed by atoms with Gasteiger partial charge in [0.25, 0.3) is 0 Å². The number of hydrogen-bond acceptors (Lipinski definition) is 3. The fourth-order valence-electron chi connectivity index (χ4n) is 3.07. The molecule has 0 saturated carbocycles. The van der Waals surface area contributed by atoms with Crippen molar-refractivity contribution in [3.05, 3.63) is 59.2 Å². The lowest BCUT2D eigenvalue weighted by atomic mass is 9.96. The first-order chi connectivity index (χ1) is 12.4. The highest BCUT2D eigenvalue weighted by molar-refractivity contribution is 5.79. The maximum Gasteiger partial charge on any atom is 0.224 e. The van der Waals surface area contributed by atoms with Gasteiger partial charge in [0.05, 0.1) is 26.7 Å². The Labute approximate surface area is 156 Å². The van der Waals surface area contributed by atoms with Crippen molar-refractivity contribution in [1.82, 2.24) is 5.32 Å². The molecule has 0 fully saturated rings. The molecule has 2 aromatic rings. The van der Waals surface area contributed by atoms with E-state index in [9.17, 15) is 4.79 Å². The maximum absolute atomic E-state index is 12.6. The van der Waals surface area contributed by atoms with Crippen LogP contribution in [0.1, 0.15) is 43.0 Å². The minimum Gasteiger partial charge on any atom is -0.497 e. The first-order valence-corrected chi connectivity index (χ1v) is 8.99. The standard InChI is InChI=1S/C22H29NO3/c1-15(2)12-20(18-7-9-19(25-4)10-8-18)23-22(24)14-17-6-11-21(26-5)16(3)13-17/h6-11,13,15,20H,12,14H2,1-5H3,(H,23,24). The van der Waals surface area contributed by atoms with Gasteiger partial charge >= 0.3 is 0 Å². The molecule has 0 aliphatic rings. The van der Waals surface area contributed by atoms with Gasteiger partial charge in [0.1, 0.15) is 11.5 Å². The zero-order valence-corrected chi connectivity index (χ0v) is 16.3. The number of benzene rings is 2. The van der Waals surface area contributed by atoms with Gasteiger partial charge in [0.15, 0.2) is 0 Å². The molecular weight excluding hydrogens is 326 g/mol. The summed E-state index contributed by atoms with van der Waals surface area (Å²) in [7, 11) is 3.30. The molecule has 2 aromatic carbocycles. The summed E-state index contributed by atoms with van der Waals surface area (Å²) in [6, 6.07) is 13.7. The Kier molecular flexibility index (Phi) is 7.07. The van der Waals surface area contributed by atoms with E-state index in [1.807, 2.05) is 49.4 Å². The van der Waals surface area contributed by atoms with E-state index in [1.54, 1.807) is 14.2 Å². The topological polar surface area (TPSA) is 47.6 Å². The first-order valence-electron chi connectivity index (χ1n) is 8.99. The second kappa shape index (κ2) is 9.27. The molecule has 0 aliphatic carbocycles. The highest BCUT2D eigenvalue weighted by Crippen LogP contribution is 2.24. The molecule has 0 aliphatic heterocycles. The van der Waals surface area contributed by atoms with Gasteiger partial charge in [-0.05, 0) is 54.2 Å². The van der Waals surface area contributed by atoms with E-state index in [1.165, 1.54) is 0 Å². The van der Waals surface area contributed by atoms with Crippen molar-refractivity contribution in [2.45, 2.75) is 39.7 Å². The zero-order chi connectivity index (χ0) is 19.1. The largest absolute Gasteiger partial charge is 0.497 e. The molecule has 2 rings (SSSR count). The normalized spacial score (nSPS) is 11.9. The van der Waals surface area contributed by atoms with Crippen LogP contribution < -0.4 is 14.8 Å². The third-order valence-corrected chi connectivity index (χ3v) is 4.38. The van der Waals surface area contributed by atoms with Crippen LogP contribution in [0, 0.1) is 12.8 Å². The summed E-state index contributed by atoms with van der Waals surface area (Å²) in [6.45, 7) is 6.31. The van der Waals surface area contributed by atoms with Crippen LogP contribution >= 0.6 is 0 Å². The summed E-state index contributed by atoms with van der Waals surface area (Å²) in [5, 5.41) is 3.19. The molecule has 1 amide bonds. The molecule has 0 spiro atoms. The van der Waals surface area contributed by atoms with Gasteiger partial charge in [0, 0.05) is 0 Å². The molecular formula is C22H29NO3. The van der Waals surface area contributed by atoms with Gasteiger partial charge in [-0.2, -0.15) is 0 Å². The van der Waals surface area contributed by atoms with Crippen molar-refractivity contribution in [3.63, 3.8) is 0 Å². The van der Waals surface area contributed by atoms with Crippen LogP contribution in [0.25, 0.3) is 0 Å². The summed E-state index contributed by atoms with van der Waals surface area (Å²) in [4.78, 5) is 12.6. The third-order valence-electron chi connectivity index (χ3n) is 4.38. The predicted molar refractivity (Wildman–Crippen MR) is 105 cm³/mol. The summed E-state index contributed by atoms with van der Waals surface area (Å²) in [5.74, 6) is 2.16. The van der Waals surface area contributed by atoms with Crippen LogP contribution in [-0.4, -0.2) is 20.1 Å². The third kappa shape index (κ3) is 5.51. The molecule has 0 radical (unpaired) electrons. The Morgan fingerprint density at radius 3 is 2.27 bits per heavy atom. The minimum absolute atomic E-state index is 0.00671. The monoisotopic (exact) mass is 355 g/mol. The number of aryl methyl sites for hydroxylation is 1. The number of carbonyl (C=O) groups excluding carboxylic acids is 1. The van der Waals surface area contributed by atoms with Crippen LogP contribution in [-0.2, 0) is 11.2 Å². The molecule has 1 atom stereocenters. The molecule has 4 heteroatoms. The highest BCUT2D eigenvalue weighted by Gasteiger charge is 2.17. The molecule has 4 nitrogen and oxygen atoms in total. The van der Waals surface area contributed by atoms with E-state index in [4.69, 9.17) is 9.47 Å². The Morgan fingerprint density at radius 1 is 1.04 bits per heavy atom. The fourth-order valence-corrected chi connectivity index (χ4v) is 3.07. The van der Waals surface area contributed by atoms with E-state index < -0.39 is 0 Å². The molecule has 0 bridgehead atoms. The van der Waals surface area contributed by atoms with Gasteiger partial charge in [-0.15, -0.1) is 0 Å². The second-order valence-electron chi connectivity index (χ2n) is 7.00. The van der Waals surface area contributed by atoms with E-state index >= 15 is 0 Å². The van der Waals surface area contributed by atoms with Crippen molar-refractivity contribution in [2.75, 3.05) is 14.2 Å². The van der Waals surface area contributed by atoms with Gasteiger partial charge < -0.3 is 14.8 Å². The van der Waals surface area contributed by atoms with Crippen LogP contribution in [0.5, 0.6) is 11.5 Å². The van der Waals surface area contributed by atoms with Gasteiger partial charge in [-0.3, -0.25) is 4.79 Å². The smallest absolute Gasteiger partial charge is 0.224 e. The van der Waals surface area contributed by atoms with E-state index in [2.05, 4.69) is 19.2 Å². The zero-order valence-electron chi connectivity index (χ0n) is 16.3. The minimum atomic E-state index is -0.00671. The summed E-state index contributed by atoms with van der Waals surface area (Å²) in [5.41, 5.74) is 3.12. The van der Waals surface area contributed by atoms with Crippen molar-refractivity contribution >= 4 is 5.91 Å². The van der Waals surface area contributed by atoms with E-state index in [0.29, 0.717) is 12.3 Å². The second-order valence-corrected chi connectivity index (χ2v) is 7.00. The van der Waals surface area contributed by atoms with Crippen LogP contribution in [0.3, 0.4) is 0 Å². The van der Waals surface area contributed by atoms with Crippen LogP contribution in [0.2, 0.25) is 0 Å². The lowest BCUT2D eigenvalue weighted by Crippen LogP contribution is -2.30. The van der Waals surface area contributed by atoms with E-state index in [-0.39, 0.29) is 11.9 Å². The predicted octanol–water partition coefficient (Wildman–Crippen LogP) is 4.46. The number of rotatable bonds is 8. The van der Waals surface area contributed by atoms with Gasteiger partial charge in [-0.1, -0.05) is 38.1 Å². The number of nitrogens with one attached hydrogen (secondary N) is 1. The van der Waals surface area contributed by atoms with Crippen molar-refractivity contribution in [2.24, 2.45) is 5.92 Å². The Morgan fingerprint density at radius 2 is 1.73 bits per heavy atom. The van der Waals surface area contributed by atoms with Crippen molar-refractivity contribution in [3.8, 4) is 11.5 Å². The fraction of sp³-hybridized carbons (Fsp3) is 0.409. The lowest BCUT2D eigenvalue weighted by Gasteiger charge is -2.21. The average molecular weight is 355 g/mol. The molecule has 1 unspecified atom stereocenters. The SMILES string of the molecule is COc1ccc(C(CC(C)C)NC(=O)Cc2ccc(OC)c(C)c2)cc1. The Hall–Kier alpha value is -2.49. The summed E-state index contributed by atoms with van der Waals surface area (Å²) < 4.78 is 10.5. The van der Waals surface area contributed by atoms with Crippen LogP contribution in [0.15, 0.2) is 42.5 Å². The lowest BCUT2D eigenvalue weighted by molar-refractivity contribution is -0.121. The quantitative estimate of drug-likeness (QED) is 0.760. The molecule has 26 heavy (non-hydrogen) atoms. The van der Waals surface area contributed by atoms with E-state index in [0.717, 1.165) is 34.6 Å². The summed E-state index contributed by atoms with van der Waals surface area (Å²) in [6.07, 6.45) is 1.25. The van der Waals surface area contributed by atoms with Gasteiger partial charge in [0.2, 0.25) is 5.91 Å². The molecule has 0 heterocycles. The highest BCUT2D eigenvalue weighted by atomic mass is 16.5. The summed E-state index contributed by atoms with van der Waals surface area (Å²) >= 11 is 0. The molecule has 0 aromatic heterocycles. The van der Waals surface area contributed by atoms with Crippen molar-refractivity contribution in [1.29, 1.82) is 0 Å². The molecule has 0 saturated heterocycles.